The largest absolute Gasteiger partial charge is 0.462 e. The fourth-order valence-corrected chi connectivity index (χ4v) is 5.38. The van der Waals surface area contributed by atoms with Crippen molar-refractivity contribution >= 4 is 64.2 Å². The third-order valence-electron chi connectivity index (χ3n) is 6.27. The van der Waals surface area contributed by atoms with Crippen molar-refractivity contribution in [3.05, 3.63) is 118 Å². The molecule has 3 amide bonds. The van der Waals surface area contributed by atoms with E-state index in [2.05, 4.69) is 16.0 Å². The molecule has 0 aliphatic heterocycles. The Bertz CT molecular complexity index is 1590. The molecular formula is C34H33N3O5S2. The molecule has 226 valence electrons. The summed E-state index contributed by atoms with van der Waals surface area (Å²) in [5.41, 5.74) is 2.11. The highest BCUT2D eigenvalue weighted by molar-refractivity contribution is 8.00. The van der Waals surface area contributed by atoms with Gasteiger partial charge in [-0.1, -0.05) is 37.6 Å². The number of anilines is 2. The first kappa shape index (κ1) is 32.2. The van der Waals surface area contributed by atoms with Gasteiger partial charge in [0.2, 0.25) is 5.91 Å². The zero-order valence-electron chi connectivity index (χ0n) is 24.4. The standard InChI is InChI=1S/C34H33N3O5S2/c1-3-4-20-42-34(41)25-12-14-26(15-13-25)35-31(38)23(2)44-28-18-16-27(17-19-28)36-33(40)30(22-29-11-8-21-43-29)37-32(39)24-9-6-5-7-10-24/h5-19,21-23H,3-4,20H2,1-2H3,(H,35,38)(H,36,40)(H,37,39)/b30-22-. The minimum absolute atomic E-state index is 0.117. The minimum Gasteiger partial charge on any atom is -0.462 e. The van der Waals surface area contributed by atoms with Crippen LogP contribution in [0.5, 0.6) is 0 Å². The summed E-state index contributed by atoms with van der Waals surface area (Å²) in [5.74, 6) is -1.42. The van der Waals surface area contributed by atoms with Crippen LogP contribution >= 0.6 is 23.1 Å². The van der Waals surface area contributed by atoms with Crippen LogP contribution in [0.2, 0.25) is 0 Å². The second-order valence-electron chi connectivity index (χ2n) is 9.69. The number of ether oxygens (including phenoxy) is 1. The van der Waals surface area contributed by atoms with Crippen LogP contribution in [0.4, 0.5) is 11.4 Å². The van der Waals surface area contributed by atoms with Crippen LogP contribution in [0.15, 0.2) is 107 Å². The lowest BCUT2D eigenvalue weighted by Gasteiger charge is -2.14. The van der Waals surface area contributed by atoms with Crippen molar-refractivity contribution in [3.63, 3.8) is 0 Å². The Morgan fingerprint density at radius 2 is 1.52 bits per heavy atom. The summed E-state index contributed by atoms with van der Waals surface area (Å²) >= 11 is 2.82. The lowest BCUT2D eigenvalue weighted by Crippen LogP contribution is -2.30. The van der Waals surface area contributed by atoms with Crippen molar-refractivity contribution in [2.45, 2.75) is 36.8 Å². The molecule has 1 heterocycles. The minimum atomic E-state index is -0.462. The van der Waals surface area contributed by atoms with Gasteiger partial charge < -0.3 is 20.7 Å². The number of hydrogen-bond acceptors (Lipinski definition) is 7. The van der Waals surface area contributed by atoms with Crippen LogP contribution in [0.25, 0.3) is 6.08 Å². The Hall–Kier alpha value is -4.67. The molecule has 3 aromatic carbocycles. The number of amides is 3. The Morgan fingerprint density at radius 1 is 0.841 bits per heavy atom. The van der Waals surface area contributed by atoms with Crippen LogP contribution in [-0.4, -0.2) is 35.5 Å². The van der Waals surface area contributed by atoms with Crippen molar-refractivity contribution in [1.82, 2.24) is 5.32 Å². The highest BCUT2D eigenvalue weighted by Crippen LogP contribution is 2.26. The maximum absolute atomic E-state index is 13.2. The second-order valence-corrected chi connectivity index (χ2v) is 12.1. The van der Waals surface area contributed by atoms with Crippen molar-refractivity contribution in [3.8, 4) is 0 Å². The third-order valence-corrected chi connectivity index (χ3v) is 8.20. The lowest BCUT2D eigenvalue weighted by molar-refractivity contribution is -0.115. The van der Waals surface area contributed by atoms with Crippen molar-refractivity contribution in [2.75, 3.05) is 17.2 Å². The molecule has 3 N–H and O–H groups in total. The molecule has 0 saturated carbocycles. The molecule has 8 nitrogen and oxygen atoms in total. The predicted octanol–water partition coefficient (Wildman–Crippen LogP) is 7.23. The normalized spacial score (nSPS) is 11.7. The molecule has 10 heteroatoms. The van der Waals surface area contributed by atoms with Crippen LogP contribution in [0.1, 0.15) is 52.3 Å². The van der Waals surface area contributed by atoms with Gasteiger partial charge in [0.25, 0.3) is 11.8 Å². The van der Waals surface area contributed by atoms with E-state index in [0.717, 1.165) is 22.6 Å². The monoisotopic (exact) mass is 627 g/mol. The van der Waals surface area contributed by atoms with Gasteiger partial charge in [-0.25, -0.2) is 4.79 Å². The Labute approximate surface area is 264 Å². The Kier molecular flexibility index (Phi) is 11.9. The van der Waals surface area contributed by atoms with Gasteiger partial charge in [-0.15, -0.1) is 23.1 Å². The zero-order chi connectivity index (χ0) is 31.3. The number of nitrogens with one attached hydrogen (secondary N) is 3. The summed E-state index contributed by atoms with van der Waals surface area (Å²) in [6.07, 6.45) is 3.40. The molecule has 0 aliphatic carbocycles. The predicted molar refractivity (Wildman–Crippen MR) is 177 cm³/mol. The van der Waals surface area contributed by atoms with Gasteiger partial charge in [-0.2, -0.15) is 0 Å². The molecule has 0 spiro atoms. The first-order valence-corrected chi connectivity index (χ1v) is 15.9. The number of thiophene rings is 1. The van der Waals surface area contributed by atoms with E-state index in [-0.39, 0.29) is 23.5 Å². The molecule has 4 aromatic rings. The van der Waals surface area contributed by atoms with E-state index < -0.39 is 11.2 Å². The molecule has 44 heavy (non-hydrogen) atoms. The number of thioether (sulfide) groups is 1. The van der Waals surface area contributed by atoms with Crippen molar-refractivity contribution in [2.24, 2.45) is 0 Å². The average Bonchev–Trinajstić information content (AvgIpc) is 3.55. The van der Waals surface area contributed by atoms with E-state index in [1.807, 2.05) is 42.6 Å². The highest BCUT2D eigenvalue weighted by atomic mass is 32.2. The number of carbonyl (C=O) groups is 4. The van der Waals surface area contributed by atoms with Gasteiger partial charge in [0.15, 0.2) is 0 Å². The quantitative estimate of drug-likeness (QED) is 0.0624. The number of rotatable bonds is 13. The van der Waals surface area contributed by atoms with E-state index in [1.54, 1.807) is 73.7 Å². The molecule has 1 atom stereocenters. The molecule has 0 fully saturated rings. The fourth-order valence-electron chi connectivity index (χ4n) is 3.86. The summed E-state index contributed by atoms with van der Waals surface area (Å²) in [4.78, 5) is 52.5. The van der Waals surface area contributed by atoms with Crippen LogP contribution in [0.3, 0.4) is 0 Å². The summed E-state index contributed by atoms with van der Waals surface area (Å²) < 4.78 is 5.22. The summed E-state index contributed by atoms with van der Waals surface area (Å²) in [5, 5.41) is 9.90. The van der Waals surface area contributed by atoms with E-state index in [9.17, 15) is 19.2 Å². The topological polar surface area (TPSA) is 114 Å². The van der Waals surface area contributed by atoms with Gasteiger partial charge in [0.05, 0.1) is 17.4 Å². The van der Waals surface area contributed by atoms with Gasteiger partial charge in [-0.05, 0) is 91.5 Å². The van der Waals surface area contributed by atoms with Crippen molar-refractivity contribution < 1.29 is 23.9 Å². The van der Waals surface area contributed by atoms with Gasteiger partial charge >= 0.3 is 5.97 Å². The summed E-state index contributed by atoms with van der Waals surface area (Å²) in [6, 6.07) is 26.1. The van der Waals surface area contributed by atoms with Crippen LogP contribution in [-0.2, 0) is 14.3 Å². The Morgan fingerprint density at radius 3 is 2.18 bits per heavy atom. The summed E-state index contributed by atoms with van der Waals surface area (Å²) in [6.45, 7) is 4.21. The lowest BCUT2D eigenvalue weighted by atomic mass is 10.2. The average molecular weight is 628 g/mol. The molecule has 0 radical (unpaired) electrons. The second kappa shape index (κ2) is 16.3. The maximum atomic E-state index is 13.2. The first-order chi connectivity index (χ1) is 21.3. The maximum Gasteiger partial charge on any atom is 0.338 e. The van der Waals surface area contributed by atoms with E-state index >= 15 is 0 Å². The Balaban J connectivity index is 1.32. The van der Waals surface area contributed by atoms with Crippen molar-refractivity contribution in [1.29, 1.82) is 0 Å². The smallest absolute Gasteiger partial charge is 0.338 e. The van der Waals surface area contributed by atoms with Gasteiger partial charge in [0, 0.05) is 26.7 Å². The first-order valence-electron chi connectivity index (χ1n) is 14.1. The fraction of sp³-hybridized carbons (Fsp3) is 0.176. The van der Waals surface area contributed by atoms with E-state index in [1.165, 1.54) is 23.1 Å². The molecule has 0 aliphatic rings. The molecule has 4 rings (SSSR count). The molecule has 0 bridgehead atoms. The molecule has 0 saturated heterocycles. The summed E-state index contributed by atoms with van der Waals surface area (Å²) in [7, 11) is 0. The SMILES string of the molecule is CCCCOC(=O)c1ccc(NC(=O)C(C)Sc2ccc(NC(=O)/C(=C/c3cccs3)NC(=O)c3ccccc3)cc2)cc1. The van der Waals surface area contributed by atoms with Crippen LogP contribution < -0.4 is 16.0 Å². The van der Waals surface area contributed by atoms with Gasteiger partial charge in [0.1, 0.15) is 5.70 Å². The molecule has 1 aromatic heterocycles. The number of esters is 1. The molecular weight excluding hydrogens is 595 g/mol. The number of hydrogen-bond donors (Lipinski definition) is 3. The van der Waals surface area contributed by atoms with Gasteiger partial charge in [-0.3, -0.25) is 14.4 Å². The highest BCUT2D eigenvalue weighted by Gasteiger charge is 2.17. The number of unbranched alkanes of at least 4 members (excludes halogenated alkanes) is 1. The van der Waals surface area contributed by atoms with Crippen LogP contribution in [0, 0.1) is 0 Å². The van der Waals surface area contributed by atoms with E-state index in [0.29, 0.717) is 29.1 Å². The zero-order valence-corrected chi connectivity index (χ0v) is 26.0. The number of carbonyl (C=O) groups excluding carboxylic acids is 4. The molecule has 1 unspecified atom stereocenters. The van der Waals surface area contributed by atoms with E-state index in [4.69, 9.17) is 4.74 Å². The third kappa shape index (κ3) is 9.68. The number of benzene rings is 3.